The number of alkyl halides is 1. The van der Waals surface area contributed by atoms with Crippen molar-refractivity contribution in [3.05, 3.63) is 41.0 Å². The maximum atomic E-state index is 5.76. The summed E-state index contributed by atoms with van der Waals surface area (Å²) in [6.45, 7) is 0. The molecule has 0 saturated carbocycles. The van der Waals surface area contributed by atoms with Crippen molar-refractivity contribution in [1.82, 2.24) is 25.2 Å². The molecule has 3 aromatic rings. The van der Waals surface area contributed by atoms with E-state index in [0.29, 0.717) is 5.88 Å². The van der Waals surface area contributed by atoms with Gasteiger partial charge in [0.05, 0.1) is 17.3 Å². The van der Waals surface area contributed by atoms with Crippen molar-refractivity contribution < 1.29 is 0 Å². The van der Waals surface area contributed by atoms with E-state index in [1.54, 1.807) is 22.3 Å². The van der Waals surface area contributed by atoms with E-state index in [4.69, 9.17) is 11.6 Å². The summed E-state index contributed by atoms with van der Waals surface area (Å²) in [6, 6.07) is 7.88. The second-order valence-electron chi connectivity index (χ2n) is 3.56. The zero-order valence-corrected chi connectivity index (χ0v) is 10.8. The molecule has 1 aromatic carbocycles. The van der Waals surface area contributed by atoms with Crippen LogP contribution in [0.25, 0.3) is 16.9 Å². The molecule has 7 heteroatoms. The van der Waals surface area contributed by atoms with E-state index < -0.39 is 0 Å². The van der Waals surface area contributed by atoms with Crippen LogP contribution in [-0.2, 0) is 5.88 Å². The van der Waals surface area contributed by atoms with E-state index in [1.165, 1.54) is 0 Å². The van der Waals surface area contributed by atoms with Crippen molar-refractivity contribution in [3.8, 4) is 16.9 Å². The van der Waals surface area contributed by atoms with Crippen molar-refractivity contribution in [2.24, 2.45) is 0 Å². The predicted octanol–water partition coefficient (Wildman–Crippen LogP) is 2.52. The molecule has 0 unspecified atom stereocenters. The summed E-state index contributed by atoms with van der Waals surface area (Å²) < 4.78 is 1.61. The summed E-state index contributed by atoms with van der Waals surface area (Å²) in [7, 11) is 0. The van der Waals surface area contributed by atoms with Crippen LogP contribution in [0.15, 0.2) is 36.0 Å². The highest BCUT2D eigenvalue weighted by atomic mass is 35.5. The SMILES string of the molecule is ClCc1nc(-c2cccc(-n3cnnn3)c2)cs1. The van der Waals surface area contributed by atoms with Gasteiger partial charge in [0.2, 0.25) is 0 Å². The topological polar surface area (TPSA) is 56.5 Å². The fourth-order valence-corrected chi connectivity index (χ4v) is 2.49. The van der Waals surface area contributed by atoms with Gasteiger partial charge in [-0.25, -0.2) is 9.67 Å². The predicted molar refractivity (Wildman–Crippen MR) is 69.8 cm³/mol. The lowest BCUT2D eigenvalue weighted by molar-refractivity contribution is 0.789. The van der Waals surface area contributed by atoms with Gasteiger partial charge < -0.3 is 0 Å². The number of hydrogen-bond acceptors (Lipinski definition) is 5. The van der Waals surface area contributed by atoms with E-state index in [2.05, 4.69) is 20.5 Å². The molecule has 0 fully saturated rings. The first kappa shape index (κ1) is 11.3. The molecule has 90 valence electrons. The highest BCUT2D eigenvalue weighted by Gasteiger charge is 2.05. The third-order valence-corrected chi connectivity index (χ3v) is 3.68. The molecule has 0 saturated heterocycles. The first-order valence-electron chi connectivity index (χ1n) is 5.21. The molecule has 0 bridgehead atoms. The number of aromatic nitrogens is 5. The Morgan fingerprint density at radius 3 is 3.00 bits per heavy atom. The standard InChI is InChI=1S/C11H8ClN5S/c12-5-11-14-10(6-18-11)8-2-1-3-9(4-8)17-7-13-15-16-17/h1-4,6-7H,5H2. The molecule has 0 atom stereocenters. The van der Waals surface area contributed by atoms with Gasteiger partial charge in [-0.1, -0.05) is 12.1 Å². The Morgan fingerprint density at radius 2 is 2.28 bits per heavy atom. The highest BCUT2D eigenvalue weighted by molar-refractivity contribution is 7.10. The third kappa shape index (κ3) is 2.12. The number of rotatable bonds is 3. The summed E-state index contributed by atoms with van der Waals surface area (Å²) in [5.41, 5.74) is 2.85. The minimum Gasteiger partial charge on any atom is -0.240 e. The van der Waals surface area contributed by atoms with E-state index in [1.807, 2.05) is 29.6 Å². The third-order valence-electron chi connectivity index (χ3n) is 2.42. The van der Waals surface area contributed by atoms with Crippen LogP contribution in [0.2, 0.25) is 0 Å². The monoisotopic (exact) mass is 277 g/mol. The second kappa shape index (κ2) is 4.83. The zero-order valence-electron chi connectivity index (χ0n) is 9.19. The average molecular weight is 278 g/mol. The van der Waals surface area contributed by atoms with Gasteiger partial charge in [-0.15, -0.1) is 28.0 Å². The minimum absolute atomic E-state index is 0.442. The zero-order chi connectivity index (χ0) is 12.4. The number of benzene rings is 1. The van der Waals surface area contributed by atoms with Crippen LogP contribution in [0, 0.1) is 0 Å². The molecule has 0 amide bonds. The van der Waals surface area contributed by atoms with Gasteiger partial charge in [0.25, 0.3) is 0 Å². The van der Waals surface area contributed by atoms with Crippen molar-refractivity contribution in [2.45, 2.75) is 5.88 Å². The molecule has 3 rings (SSSR count). The average Bonchev–Trinajstić information content (AvgIpc) is 3.10. The van der Waals surface area contributed by atoms with E-state index >= 15 is 0 Å². The maximum absolute atomic E-state index is 5.76. The molecule has 0 N–H and O–H groups in total. The molecule has 0 aliphatic rings. The Labute approximate surface area is 112 Å². The van der Waals surface area contributed by atoms with Crippen LogP contribution in [-0.4, -0.2) is 25.2 Å². The Kier molecular flexibility index (Phi) is 3.04. The minimum atomic E-state index is 0.442. The first-order valence-corrected chi connectivity index (χ1v) is 6.62. The van der Waals surface area contributed by atoms with Gasteiger partial charge in [0.15, 0.2) is 0 Å². The number of tetrazole rings is 1. The normalized spacial score (nSPS) is 10.7. The van der Waals surface area contributed by atoms with Crippen LogP contribution >= 0.6 is 22.9 Å². The van der Waals surface area contributed by atoms with Crippen LogP contribution in [0.1, 0.15) is 5.01 Å². The van der Waals surface area contributed by atoms with Gasteiger partial charge in [-0.3, -0.25) is 0 Å². The lowest BCUT2D eigenvalue weighted by Gasteiger charge is -2.01. The van der Waals surface area contributed by atoms with Crippen LogP contribution < -0.4 is 0 Å². The molecule has 2 heterocycles. The molecule has 0 aliphatic carbocycles. The number of halogens is 1. The number of nitrogens with zero attached hydrogens (tertiary/aromatic N) is 5. The lowest BCUT2D eigenvalue weighted by atomic mass is 10.1. The Hall–Kier alpha value is -1.79. The van der Waals surface area contributed by atoms with Crippen molar-refractivity contribution >= 4 is 22.9 Å². The maximum Gasteiger partial charge on any atom is 0.143 e. The van der Waals surface area contributed by atoms with Gasteiger partial charge in [0.1, 0.15) is 11.3 Å². The Bertz CT molecular complexity index is 649. The number of thiazole rings is 1. The summed E-state index contributed by atoms with van der Waals surface area (Å²) in [5.74, 6) is 0.442. The fraction of sp³-hybridized carbons (Fsp3) is 0.0909. The Morgan fingerprint density at radius 1 is 1.33 bits per heavy atom. The van der Waals surface area contributed by atoms with Gasteiger partial charge >= 0.3 is 0 Å². The summed E-state index contributed by atoms with van der Waals surface area (Å²) in [4.78, 5) is 4.45. The summed E-state index contributed by atoms with van der Waals surface area (Å²) in [5, 5.41) is 14.0. The molecule has 0 aliphatic heterocycles. The van der Waals surface area contributed by atoms with Crippen LogP contribution in [0.5, 0.6) is 0 Å². The molecular formula is C11H8ClN5S. The van der Waals surface area contributed by atoms with Crippen LogP contribution in [0.4, 0.5) is 0 Å². The molecular weight excluding hydrogens is 270 g/mol. The van der Waals surface area contributed by atoms with Crippen molar-refractivity contribution in [1.29, 1.82) is 0 Å². The largest absolute Gasteiger partial charge is 0.240 e. The summed E-state index contributed by atoms with van der Waals surface area (Å²) >= 11 is 7.32. The quantitative estimate of drug-likeness (QED) is 0.690. The van der Waals surface area contributed by atoms with E-state index in [9.17, 15) is 0 Å². The van der Waals surface area contributed by atoms with Crippen LogP contribution in [0.3, 0.4) is 0 Å². The van der Waals surface area contributed by atoms with Gasteiger partial charge in [-0.05, 0) is 22.6 Å². The molecule has 0 spiro atoms. The smallest absolute Gasteiger partial charge is 0.143 e. The molecule has 0 radical (unpaired) electrons. The molecule has 5 nitrogen and oxygen atoms in total. The van der Waals surface area contributed by atoms with Crippen molar-refractivity contribution in [2.75, 3.05) is 0 Å². The first-order chi connectivity index (χ1) is 8.86. The van der Waals surface area contributed by atoms with Crippen molar-refractivity contribution in [3.63, 3.8) is 0 Å². The molecule has 18 heavy (non-hydrogen) atoms. The van der Waals surface area contributed by atoms with E-state index in [-0.39, 0.29) is 0 Å². The Balaban J connectivity index is 2.00. The highest BCUT2D eigenvalue weighted by Crippen LogP contribution is 2.24. The van der Waals surface area contributed by atoms with E-state index in [0.717, 1.165) is 22.0 Å². The number of hydrogen-bond donors (Lipinski definition) is 0. The fourth-order valence-electron chi connectivity index (χ4n) is 1.59. The van der Waals surface area contributed by atoms with Gasteiger partial charge in [-0.2, -0.15) is 0 Å². The van der Waals surface area contributed by atoms with Gasteiger partial charge in [0, 0.05) is 10.9 Å². The lowest BCUT2D eigenvalue weighted by Crippen LogP contribution is -1.95. The molecule has 2 aromatic heterocycles. The summed E-state index contributed by atoms with van der Waals surface area (Å²) in [6.07, 6.45) is 1.56. The second-order valence-corrected chi connectivity index (χ2v) is 4.77.